The van der Waals surface area contributed by atoms with Crippen LogP contribution in [0.25, 0.3) is 33.5 Å². The van der Waals surface area contributed by atoms with Crippen molar-refractivity contribution in [3.63, 3.8) is 0 Å². The van der Waals surface area contributed by atoms with Crippen LogP contribution in [0.4, 0.5) is 35.2 Å². The van der Waals surface area contributed by atoms with Crippen molar-refractivity contribution in [2.45, 2.75) is 193 Å². The lowest BCUT2D eigenvalue weighted by Crippen LogP contribution is -2.31. The van der Waals surface area contributed by atoms with E-state index in [1.54, 1.807) is 65.9 Å². The highest BCUT2D eigenvalue weighted by molar-refractivity contribution is 7.71. The highest BCUT2D eigenvalue weighted by atomic mass is 32.1. The Balaban J connectivity index is 0.000000259. The van der Waals surface area contributed by atoms with Gasteiger partial charge in [0.15, 0.2) is 38.9 Å². The van der Waals surface area contributed by atoms with Gasteiger partial charge in [-0.2, -0.15) is 24.9 Å². The number of imidazole rings is 3. The fourth-order valence-electron chi connectivity index (χ4n) is 9.16. The average molecular weight is 1530 g/mol. The van der Waals surface area contributed by atoms with Crippen molar-refractivity contribution in [1.29, 1.82) is 0 Å². The molecular weight excluding hydrogens is 1430 g/mol. The number of aryl methyl sites for hydroxylation is 2. The Morgan fingerprint density at radius 1 is 0.385 bits per heavy atom. The molecule has 0 amide bonds. The molecule has 0 saturated carbocycles. The number of nitrogen functional groups attached to an aromatic ring is 6. The summed E-state index contributed by atoms with van der Waals surface area (Å²) in [4.78, 5) is 163. The number of hydrogen-bond donors (Lipinski definition) is 12. The van der Waals surface area contributed by atoms with Gasteiger partial charge < -0.3 is 57.7 Å². The molecule has 109 heavy (non-hydrogen) atoms. The zero-order valence-corrected chi connectivity index (χ0v) is 65.5. The van der Waals surface area contributed by atoms with Crippen LogP contribution in [-0.4, -0.2) is 116 Å². The second kappa shape index (κ2) is 40.0. The number of aromatic amines is 6. The molecule has 0 radical (unpaired) electrons. The smallest absolute Gasteiger partial charge is 0.349 e. The molecule has 0 saturated heterocycles. The lowest BCUT2D eigenvalue weighted by atomic mass is 10.1. The number of anilines is 6. The van der Waals surface area contributed by atoms with E-state index in [0.29, 0.717) is 73.3 Å². The van der Waals surface area contributed by atoms with Gasteiger partial charge in [-0.25, -0.2) is 48.9 Å². The highest BCUT2D eigenvalue weighted by Gasteiger charge is 2.14. The molecule has 0 fully saturated rings. The molecule has 0 aromatic carbocycles. The maximum atomic E-state index is 11.4. The van der Waals surface area contributed by atoms with Crippen molar-refractivity contribution in [2.75, 3.05) is 34.4 Å². The SMILES string of the molecule is CC(C)c1c[nH]c(=O)[nH]c1=O.CC(C)n1ccc(=O)[nH]c1=O.CC(C)n1ccc(=O)[nH]c1=S.CC(C)n1ccc(N)nc1=O.CC(C)n1cnc2c(=O)[nH]c(N)nc21.CC(C)n1cnc2c(N)nc(N)nc21.CC(C)n1cnc2c(N)ncnc21.Cc1cn(C(C)C)c(=O)[nH]c1=O.Cc1cn(C(C)C)c(=O)nc1N. The highest BCUT2D eigenvalue weighted by Crippen LogP contribution is 2.21. The lowest BCUT2D eigenvalue weighted by molar-refractivity contribution is 0.558. The standard InChI is InChI=1S/C8H12N6.C8H11N5O.C8H11N5.C8H13N3O.C8H12N2O2.C7H11N3O.2C7H10N2O2.C7H10N2OS/c1-4(2)14-3-11-5-6(9)12-8(10)13-7(5)14;1-4(2)13-3-10-5-6(13)11-8(9)12-7(5)14;1-5(2)13-4-12-6-7(9)10-3-11-8(6)13;1-5(2)11-4-6(3)7(9)10-8(11)12;1-5(2)10-4-6(3)7(11)9-8(10)12;1-5(2)10-4-3-6(8)9-7(10)11;1-5(2)9-4-3-6(10)8-7(9)11;1-4(2)5-3-8-7(11)9-6(5)10;1-5(2)9-4-3-6(10)8-7(9)11/h3-4H,1-2H3,(H4,9,10,12,13);3-4H,1-2H3,(H3,9,11,12,14);3-5H,1-2H3,(H2,9,10,11);4-5H,1-3H3,(H2,9,10,12);4-5H,1-3H3,(H,9,11,12);3-5H,1-2H3,(H2,8,9,11);3-5H,1-2H3,(H,8,10,11);3-4H,1-2H3,(H2,8,9,10,11);3-5H,1-2H3,(H,8,10,11). The summed E-state index contributed by atoms with van der Waals surface area (Å²) in [5, 5.41) is 0. The van der Waals surface area contributed by atoms with E-state index < -0.39 is 5.69 Å². The molecule has 0 bridgehead atoms. The zero-order chi connectivity index (χ0) is 82.3. The van der Waals surface area contributed by atoms with Crippen molar-refractivity contribution >= 4 is 80.9 Å². The van der Waals surface area contributed by atoms with E-state index in [0.717, 1.165) is 11.2 Å². The summed E-state index contributed by atoms with van der Waals surface area (Å²) in [6.45, 7) is 38.7. The van der Waals surface area contributed by atoms with Gasteiger partial charge in [0.1, 0.15) is 29.0 Å². The zero-order valence-electron chi connectivity index (χ0n) is 64.7. The number of hydrogen-bond acceptors (Lipinski definition) is 27. The molecule has 0 atom stereocenters. The van der Waals surface area contributed by atoms with Gasteiger partial charge in [0, 0.05) is 114 Å². The summed E-state index contributed by atoms with van der Waals surface area (Å²) >= 11 is 4.92. The molecule has 41 heteroatoms. The van der Waals surface area contributed by atoms with Crippen LogP contribution in [0.1, 0.15) is 196 Å². The summed E-state index contributed by atoms with van der Waals surface area (Å²) in [6.07, 6.45) is 16.1. The summed E-state index contributed by atoms with van der Waals surface area (Å²) in [7, 11) is 0. The van der Waals surface area contributed by atoms with Crippen molar-refractivity contribution in [3.8, 4) is 0 Å². The van der Waals surface area contributed by atoms with Gasteiger partial charge in [-0.1, -0.05) is 13.8 Å². The minimum Gasteiger partial charge on any atom is -0.383 e. The Hall–Kier alpha value is -12.9. The van der Waals surface area contributed by atoms with Crippen LogP contribution in [-0.2, 0) is 0 Å². The molecule has 0 aliphatic heterocycles. The quantitative estimate of drug-likeness (QED) is 0.0828. The van der Waals surface area contributed by atoms with E-state index in [1.165, 1.54) is 44.6 Å². The number of rotatable bonds is 9. The molecule has 588 valence electrons. The van der Waals surface area contributed by atoms with Gasteiger partial charge in [-0.15, -0.1) is 0 Å². The van der Waals surface area contributed by atoms with E-state index >= 15 is 0 Å². The van der Waals surface area contributed by atoms with Gasteiger partial charge in [0.2, 0.25) is 11.9 Å². The third-order valence-electron chi connectivity index (χ3n) is 15.1. The first kappa shape index (κ1) is 88.5. The number of nitrogens with zero attached hydrogens (tertiary/aromatic N) is 18. The fraction of sp³-hybridized carbons (Fsp3) is 0.426. The molecule has 0 spiro atoms. The van der Waals surface area contributed by atoms with Crippen molar-refractivity contribution in [1.82, 2.24) is 116 Å². The monoisotopic (exact) mass is 1530 g/mol. The first-order valence-electron chi connectivity index (χ1n) is 34.2. The van der Waals surface area contributed by atoms with Crippen molar-refractivity contribution < 1.29 is 0 Å². The Labute approximate surface area is 627 Å². The largest absolute Gasteiger partial charge is 0.383 e. The summed E-state index contributed by atoms with van der Waals surface area (Å²) in [6, 6.07) is 5.94. The fourth-order valence-corrected chi connectivity index (χ4v) is 9.53. The predicted molar refractivity (Wildman–Crippen MR) is 425 cm³/mol. The molecule has 40 nitrogen and oxygen atoms in total. The van der Waals surface area contributed by atoms with Crippen LogP contribution in [0.2, 0.25) is 0 Å². The van der Waals surface area contributed by atoms with Crippen LogP contribution in [0, 0.1) is 18.6 Å². The lowest BCUT2D eigenvalue weighted by Gasteiger charge is -2.09. The molecule has 0 unspecified atom stereocenters. The van der Waals surface area contributed by atoms with Gasteiger partial charge in [-0.3, -0.25) is 67.2 Å². The van der Waals surface area contributed by atoms with Crippen molar-refractivity contribution in [2.24, 2.45) is 0 Å². The molecular formula is C68H100N30O10S. The summed E-state index contributed by atoms with van der Waals surface area (Å²) < 4.78 is 14.0. The van der Waals surface area contributed by atoms with Gasteiger partial charge in [0.05, 0.1) is 19.0 Å². The van der Waals surface area contributed by atoms with E-state index in [1.807, 2.05) is 131 Å². The number of fused-ring (bicyclic) bond motifs is 3. The van der Waals surface area contributed by atoms with E-state index in [4.69, 9.17) is 46.6 Å². The van der Waals surface area contributed by atoms with Crippen LogP contribution in [0.5, 0.6) is 0 Å². The van der Waals surface area contributed by atoms with Crippen LogP contribution < -0.4 is 90.6 Å². The van der Waals surface area contributed by atoms with Crippen LogP contribution >= 0.6 is 12.2 Å². The average Bonchev–Trinajstić information content (AvgIpc) is 1.68. The minimum atomic E-state index is -0.459. The van der Waals surface area contributed by atoms with E-state index in [-0.39, 0.29) is 110 Å². The maximum absolute atomic E-state index is 11.4. The van der Waals surface area contributed by atoms with Gasteiger partial charge in [0.25, 0.3) is 27.8 Å². The number of H-pyrrole nitrogens is 6. The molecule has 18 N–H and O–H groups in total. The first-order valence-corrected chi connectivity index (χ1v) is 34.7. The van der Waals surface area contributed by atoms with E-state index in [9.17, 15) is 47.9 Å². The number of aromatic nitrogens is 24. The Bertz CT molecular complexity index is 5540. The molecule has 0 aliphatic rings. The minimum absolute atomic E-state index is 0.0769. The Morgan fingerprint density at radius 2 is 0.844 bits per heavy atom. The number of nitrogens with one attached hydrogen (secondary N) is 6. The second-order valence-corrected chi connectivity index (χ2v) is 27.0. The van der Waals surface area contributed by atoms with E-state index in [2.05, 4.69) is 93.6 Å². The topological polar surface area (TPSA) is 590 Å². The second-order valence-electron chi connectivity index (χ2n) is 26.6. The molecule has 0 aliphatic carbocycles. The third kappa shape index (κ3) is 25.4. The summed E-state index contributed by atoms with van der Waals surface area (Å²) in [5.74, 6) is 1.78. The normalized spacial score (nSPS) is 10.8. The third-order valence-corrected chi connectivity index (χ3v) is 15.4. The Kier molecular flexibility index (Phi) is 32.5. The van der Waals surface area contributed by atoms with Gasteiger partial charge in [-0.05, 0) is 149 Å². The molecule has 12 heterocycles. The molecule has 12 aromatic heterocycles. The maximum Gasteiger partial charge on any atom is 0.349 e. The van der Waals surface area contributed by atoms with Crippen LogP contribution in [0.3, 0.4) is 0 Å². The van der Waals surface area contributed by atoms with Crippen molar-refractivity contribution in [3.05, 3.63) is 206 Å². The van der Waals surface area contributed by atoms with Crippen LogP contribution in [0.15, 0.2) is 129 Å². The predicted octanol–water partition coefficient (Wildman–Crippen LogP) is 5.18. The number of nitrogens with two attached hydrogens (primary N) is 6. The molecule has 12 rings (SSSR count). The first-order chi connectivity index (χ1) is 50.9. The van der Waals surface area contributed by atoms with Gasteiger partial charge >= 0.3 is 28.4 Å². The summed E-state index contributed by atoms with van der Waals surface area (Å²) in [5.41, 5.74) is 35.5. The Morgan fingerprint density at radius 3 is 1.34 bits per heavy atom. The molecule has 12 aromatic rings.